The van der Waals surface area contributed by atoms with Crippen molar-refractivity contribution in [3.05, 3.63) is 57.8 Å². The Balaban J connectivity index is 1.79. The highest BCUT2D eigenvalue weighted by atomic mass is 32.1. The minimum atomic E-state index is 0.402. The molecule has 0 aliphatic heterocycles. The molecule has 1 nitrogen and oxygen atoms in total. The molecule has 0 amide bonds. The molecule has 0 bridgehead atoms. The van der Waals surface area contributed by atoms with E-state index in [9.17, 15) is 0 Å². The van der Waals surface area contributed by atoms with Gasteiger partial charge in [0.25, 0.3) is 0 Å². The fourth-order valence-corrected chi connectivity index (χ4v) is 4.81. The van der Waals surface area contributed by atoms with Gasteiger partial charge in [0.1, 0.15) is 0 Å². The second-order valence-corrected chi connectivity index (χ2v) is 7.80. The van der Waals surface area contributed by atoms with E-state index in [1.165, 1.54) is 25.4 Å². The van der Waals surface area contributed by atoms with Crippen molar-refractivity contribution in [3.8, 4) is 0 Å². The third-order valence-electron chi connectivity index (χ3n) is 3.94. The second-order valence-electron chi connectivity index (χ2n) is 5.74. The lowest BCUT2D eigenvalue weighted by Gasteiger charge is -2.15. The van der Waals surface area contributed by atoms with Crippen molar-refractivity contribution in [1.82, 2.24) is 5.32 Å². The summed E-state index contributed by atoms with van der Waals surface area (Å²) < 4.78 is 2.82. The van der Waals surface area contributed by atoms with E-state index in [-0.39, 0.29) is 0 Å². The highest BCUT2D eigenvalue weighted by molar-refractivity contribution is 7.26. The van der Waals surface area contributed by atoms with Crippen molar-refractivity contribution in [1.29, 1.82) is 0 Å². The summed E-state index contributed by atoms with van der Waals surface area (Å²) in [7, 11) is 2.06. The molecule has 110 valence electrons. The normalized spacial score (nSPS) is 13.1. The summed E-state index contributed by atoms with van der Waals surface area (Å²) in [6, 6.07) is 14.0. The fourth-order valence-electron chi connectivity index (χ4n) is 2.58. The summed E-state index contributed by atoms with van der Waals surface area (Å²) >= 11 is 3.74. The van der Waals surface area contributed by atoms with E-state index in [0.29, 0.717) is 12.0 Å². The zero-order valence-corrected chi connectivity index (χ0v) is 14.4. The summed E-state index contributed by atoms with van der Waals surface area (Å²) in [5.41, 5.74) is 2.81. The van der Waals surface area contributed by atoms with Gasteiger partial charge in [-0.3, -0.25) is 0 Å². The van der Waals surface area contributed by atoms with Crippen LogP contribution >= 0.6 is 22.7 Å². The minimum absolute atomic E-state index is 0.402. The van der Waals surface area contributed by atoms with Crippen molar-refractivity contribution < 1.29 is 0 Å². The lowest BCUT2D eigenvalue weighted by Crippen LogP contribution is -2.17. The number of hydrogen-bond donors (Lipinski definition) is 1. The van der Waals surface area contributed by atoms with Gasteiger partial charge in [0, 0.05) is 20.3 Å². The number of fused-ring (bicyclic) bond motifs is 1. The first-order chi connectivity index (χ1) is 10.2. The molecule has 21 heavy (non-hydrogen) atoms. The molecule has 0 aliphatic rings. The Morgan fingerprint density at radius 2 is 1.81 bits per heavy atom. The van der Waals surface area contributed by atoms with Crippen LogP contribution in [-0.4, -0.2) is 7.05 Å². The predicted molar refractivity (Wildman–Crippen MR) is 95.7 cm³/mol. The summed E-state index contributed by atoms with van der Waals surface area (Å²) in [6.07, 6.45) is 1.04. The van der Waals surface area contributed by atoms with Gasteiger partial charge in [0.05, 0.1) is 0 Å². The highest BCUT2D eigenvalue weighted by Crippen LogP contribution is 2.34. The maximum Gasteiger partial charge on any atom is 0.0454 e. The van der Waals surface area contributed by atoms with Gasteiger partial charge in [-0.1, -0.05) is 38.1 Å². The number of hydrogen-bond acceptors (Lipinski definition) is 3. The number of benzene rings is 1. The van der Waals surface area contributed by atoms with Gasteiger partial charge >= 0.3 is 0 Å². The Kier molecular flexibility index (Phi) is 4.43. The van der Waals surface area contributed by atoms with Gasteiger partial charge in [-0.05, 0) is 48.0 Å². The quantitative estimate of drug-likeness (QED) is 0.647. The summed E-state index contributed by atoms with van der Waals surface area (Å²) in [5, 5.41) is 5.64. The van der Waals surface area contributed by atoms with Crippen LogP contribution in [0.1, 0.15) is 41.8 Å². The van der Waals surface area contributed by atoms with E-state index in [0.717, 1.165) is 6.42 Å². The van der Waals surface area contributed by atoms with Crippen molar-refractivity contribution in [2.45, 2.75) is 32.2 Å². The molecule has 3 rings (SSSR count). The third-order valence-corrected chi connectivity index (χ3v) is 6.14. The molecule has 2 aromatic heterocycles. The van der Waals surface area contributed by atoms with Crippen LogP contribution in [0.4, 0.5) is 0 Å². The maximum absolute atomic E-state index is 3.47. The van der Waals surface area contributed by atoms with Crippen LogP contribution in [0, 0.1) is 0 Å². The summed E-state index contributed by atoms with van der Waals surface area (Å²) in [5.74, 6) is 0.600. The first kappa shape index (κ1) is 14.8. The second kappa shape index (κ2) is 6.30. The monoisotopic (exact) mass is 315 g/mol. The summed E-state index contributed by atoms with van der Waals surface area (Å²) in [6.45, 7) is 4.48. The van der Waals surface area contributed by atoms with Gasteiger partial charge < -0.3 is 5.32 Å². The topological polar surface area (TPSA) is 12.0 Å². The zero-order valence-electron chi connectivity index (χ0n) is 12.7. The average molecular weight is 316 g/mol. The molecule has 0 radical (unpaired) electrons. The fraction of sp³-hybridized carbons (Fsp3) is 0.333. The smallest absolute Gasteiger partial charge is 0.0454 e. The van der Waals surface area contributed by atoms with Gasteiger partial charge in [-0.15, -0.1) is 22.7 Å². The number of rotatable bonds is 5. The number of likely N-dealkylation sites (N-methyl/N-ethyl adjacent to an activating group) is 1. The van der Waals surface area contributed by atoms with Crippen LogP contribution in [0.2, 0.25) is 0 Å². The molecule has 0 saturated heterocycles. The molecule has 1 atom stereocenters. The van der Waals surface area contributed by atoms with Crippen molar-refractivity contribution in [3.63, 3.8) is 0 Å². The molecular formula is C18H21NS2. The predicted octanol–water partition coefficient (Wildman–Crippen LogP) is 5.59. The molecular weight excluding hydrogens is 294 g/mol. The first-order valence-corrected chi connectivity index (χ1v) is 9.10. The van der Waals surface area contributed by atoms with Crippen molar-refractivity contribution in [2.75, 3.05) is 7.05 Å². The van der Waals surface area contributed by atoms with E-state index < -0.39 is 0 Å². The molecule has 1 N–H and O–H groups in total. The van der Waals surface area contributed by atoms with Gasteiger partial charge in [-0.25, -0.2) is 0 Å². The number of thiophene rings is 2. The van der Waals surface area contributed by atoms with E-state index in [1.807, 2.05) is 22.7 Å². The Bertz CT molecular complexity index is 678. The Labute approximate surface area is 134 Å². The standard InChI is InChI=1S/C18H21NS2/c1-12(2)14-6-4-13(5-7-14)10-15(19-3)17-11-18-16(21-17)8-9-20-18/h4-9,11-12,15,19H,10H2,1-3H3. The Hall–Kier alpha value is -1.16. The van der Waals surface area contributed by atoms with Crippen LogP contribution in [0.15, 0.2) is 41.8 Å². The number of nitrogens with one attached hydrogen (secondary N) is 1. The van der Waals surface area contributed by atoms with Crippen LogP contribution < -0.4 is 5.32 Å². The molecule has 3 heteroatoms. The summed E-state index contributed by atoms with van der Waals surface area (Å²) in [4.78, 5) is 1.44. The minimum Gasteiger partial charge on any atom is -0.312 e. The molecule has 0 aliphatic carbocycles. The average Bonchev–Trinajstić information content (AvgIpc) is 3.06. The zero-order chi connectivity index (χ0) is 14.8. The van der Waals surface area contributed by atoms with Crippen LogP contribution in [0.3, 0.4) is 0 Å². The molecule has 0 fully saturated rings. The SMILES string of the molecule is CNC(Cc1ccc(C(C)C)cc1)c1cc2sccc2s1. The first-order valence-electron chi connectivity index (χ1n) is 7.40. The molecule has 0 saturated carbocycles. The van der Waals surface area contributed by atoms with Gasteiger partial charge in [0.15, 0.2) is 0 Å². The van der Waals surface area contributed by atoms with E-state index in [1.54, 1.807) is 0 Å². The maximum atomic E-state index is 3.47. The molecule has 3 aromatic rings. The lowest BCUT2D eigenvalue weighted by atomic mass is 9.99. The van der Waals surface area contributed by atoms with Crippen molar-refractivity contribution >= 4 is 32.1 Å². The van der Waals surface area contributed by atoms with E-state index in [4.69, 9.17) is 0 Å². The lowest BCUT2D eigenvalue weighted by molar-refractivity contribution is 0.602. The highest BCUT2D eigenvalue weighted by Gasteiger charge is 2.14. The molecule has 1 aromatic carbocycles. The van der Waals surface area contributed by atoms with Gasteiger partial charge in [-0.2, -0.15) is 0 Å². The van der Waals surface area contributed by atoms with Crippen LogP contribution in [0.5, 0.6) is 0 Å². The van der Waals surface area contributed by atoms with Crippen LogP contribution in [0.25, 0.3) is 9.40 Å². The Morgan fingerprint density at radius 3 is 2.43 bits per heavy atom. The van der Waals surface area contributed by atoms with Crippen LogP contribution in [-0.2, 0) is 6.42 Å². The largest absolute Gasteiger partial charge is 0.312 e. The van der Waals surface area contributed by atoms with E-state index >= 15 is 0 Å². The molecule has 1 unspecified atom stereocenters. The molecule has 0 spiro atoms. The van der Waals surface area contributed by atoms with Crippen molar-refractivity contribution in [2.24, 2.45) is 0 Å². The van der Waals surface area contributed by atoms with Gasteiger partial charge in [0.2, 0.25) is 0 Å². The molecule has 2 heterocycles. The third kappa shape index (κ3) is 3.20. The van der Waals surface area contributed by atoms with E-state index in [2.05, 4.69) is 68.0 Å². The Morgan fingerprint density at radius 1 is 1.05 bits per heavy atom.